The Kier molecular flexibility index (Phi) is 1.53. The van der Waals surface area contributed by atoms with Crippen LogP contribution in [0, 0.1) is 0 Å². The summed E-state index contributed by atoms with van der Waals surface area (Å²) in [6.07, 6.45) is 0.948. The summed E-state index contributed by atoms with van der Waals surface area (Å²) >= 11 is 0. The minimum Gasteiger partial charge on any atom is -0.454 e. The molecule has 3 rings (SSSR count). The van der Waals surface area contributed by atoms with Crippen molar-refractivity contribution >= 4 is 0 Å². The predicted octanol–water partition coefficient (Wildman–Crippen LogP) is 1.75. The Morgan fingerprint density at radius 3 is 2.86 bits per heavy atom. The summed E-state index contributed by atoms with van der Waals surface area (Å²) in [6.45, 7) is 3.32. The molecule has 0 N–H and O–H groups in total. The number of hydrogen-bond acceptors (Lipinski definition) is 3. The fourth-order valence-corrected chi connectivity index (χ4v) is 1.71. The van der Waals surface area contributed by atoms with Crippen molar-refractivity contribution in [3.05, 3.63) is 23.8 Å². The van der Waals surface area contributed by atoms with E-state index in [1.165, 1.54) is 5.56 Å². The third-order valence-electron chi connectivity index (χ3n) is 2.65. The van der Waals surface area contributed by atoms with E-state index < -0.39 is 0 Å². The lowest BCUT2D eigenvalue weighted by Crippen LogP contribution is -2.08. The highest BCUT2D eigenvalue weighted by Gasteiger charge is 2.39. The molecule has 1 saturated heterocycles. The quantitative estimate of drug-likeness (QED) is 0.669. The molecule has 1 aromatic carbocycles. The van der Waals surface area contributed by atoms with E-state index in [0.29, 0.717) is 6.79 Å². The Labute approximate surface area is 82.6 Å². The van der Waals surface area contributed by atoms with Gasteiger partial charge in [0.1, 0.15) is 0 Å². The van der Waals surface area contributed by atoms with Crippen LogP contribution in [-0.2, 0) is 11.2 Å². The molecule has 2 aliphatic rings. The van der Waals surface area contributed by atoms with Crippen LogP contribution in [-0.4, -0.2) is 19.0 Å². The number of epoxide rings is 1. The van der Waals surface area contributed by atoms with Crippen LogP contribution >= 0.6 is 0 Å². The number of rotatable bonds is 2. The fraction of sp³-hybridized carbons (Fsp3) is 0.455. The average molecular weight is 192 g/mol. The molecule has 3 nitrogen and oxygen atoms in total. The zero-order chi connectivity index (χ0) is 9.60. The number of hydrogen-bond donors (Lipinski definition) is 0. The van der Waals surface area contributed by atoms with Crippen LogP contribution in [0.2, 0.25) is 0 Å². The molecule has 0 radical (unpaired) electrons. The molecule has 0 aliphatic carbocycles. The predicted molar refractivity (Wildman–Crippen MR) is 50.6 cm³/mol. The molecule has 1 fully saturated rings. The minimum atomic E-state index is 0.0632. The fourth-order valence-electron chi connectivity index (χ4n) is 1.71. The van der Waals surface area contributed by atoms with Gasteiger partial charge in [0.2, 0.25) is 6.79 Å². The van der Waals surface area contributed by atoms with E-state index in [1.54, 1.807) is 0 Å². The first-order chi connectivity index (χ1) is 6.75. The molecule has 1 aromatic rings. The molecule has 0 saturated carbocycles. The first-order valence-corrected chi connectivity index (χ1v) is 4.78. The number of ether oxygens (including phenoxy) is 3. The Morgan fingerprint density at radius 1 is 1.29 bits per heavy atom. The highest BCUT2D eigenvalue weighted by atomic mass is 16.7. The summed E-state index contributed by atoms with van der Waals surface area (Å²) in [7, 11) is 0. The largest absolute Gasteiger partial charge is 0.454 e. The Bertz CT molecular complexity index is 369. The molecule has 1 unspecified atom stereocenters. The molecular weight excluding hydrogens is 180 g/mol. The van der Waals surface area contributed by atoms with Crippen LogP contribution in [0.1, 0.15) is 12.5 Å². The van der Waals surface area contributed by atoms with Crippen LogP contribution in [0.4, 0.5) is 0 Å². The van der Waals surface area contributed by atoms with Gasteiger partial charge in [-0.05, 0) is 24.6 Å². The lowest BCUT2D eigenvalue weighted by molar-refractivity contribution is 0.174. The SMILES string of the molecule is CC1(Cc2ccc3c(c2)OCO3)CO1. The summed E-state index contributed by atoms with van der Waals surface area (Å²) in [5.41, 5.74) is 1.31. The number of benzene rings is 1. The van der Waals surface area contributed by atoms with Crippen molar-refractivity contribution in [3.8, 4) is 11.5 Å². The first-order valence-electron chi connectivity index (χ1n) is 4.78. The molecule has 0 aromatic heterocycles. The van der Waals surface area contributed by atoms with E-state index >= 15 is 0 Å². The van der Waals surface area contributed by atoms with E-state index in [-0.39, 0.29) is 5.60 Å². The lowest BCUT2D eigenvalue weighted by Gasteiger charge is -2.05. The van der Waals surface area contributed by atoms with E-state index in [9.17, 15) is 0 Å². The molecule has 2 aliphatic heterocycles. The maximum atomic E-state index is 5.35. The third-order valence-corrected chi connectivity index (χ3v) is 2.65. The summed E-state index contributed by atoms with van der Waals surface area (Å²) in [5.74, 6) is 1.70. The second-order valence-electron chi connectivity index (χ2n) is 4.10. The zero-order valence-electron chi connectivity index (χ0n) is 8.08. The van der Waals surface area contributed by atoms with Gasteiger partial charge in [0.15, 0.2) is 11.5 Å². The second kappa shape index (κ2) is 2.64. The lowest BCUT2D eigenvalue weighted by atomic mass is 10.0. The minimum absolute atomic E-state index is 0.0632. The Balaban J connectivity index is 1.85. The summed E-state index contributed by atoms with van der Waals surface area (Å²) in [4.78, 5) is 0. The molecule has 1 atom stereocenters. The molecule has 74 valence electrons. The summed E-state index contributed by atoms with van der Waals surface area (Å²) in [5, 5.41) is 0. The van der Waals surface area contributed by atoms with Crippen molar-refractivity contribution in [1.29, 1.82) is 0 Å². The van der Waals surface area contributed by atoms with Crippen molar-refractivity contribution in [1.82, 2.24) is 0 Å². The smallest absolute Gasteiger partial charge is 0.231 e. The van der Waals surface area contributed by atoms with Gasteiger partial charge in [-0.25, -0.2) is 0 Å². The van der Waals surface area contributed by atoms with Crippen molar-refractivity contribution in [2.24, 2.45) is 0 Å². The van der Waals surface area contributed by atoms with Gasteiger partial charge in [0.25, 0.3) is 0 Å². The van der Waals surface area contributed by atoms with E-state index in [2.05, 4.69) is 13.0 Å². The van der Waals surface area contributed by atoms with Crippen molar-refractivity contribution in [2.45, 2.75) is 18.9 Å². The Hall–Kier alpha value is -1.22. The summed E-state index contributed by atoms with van der Waals surface area (Å²) in [6, 6.07) is 6.07. The Morgan fingerprint density at radius 2 is 2.07 bits per heavy atom. The maximum absolute atomic E-state index is 5.35. The van der Waals surface area contributed by atoms with Gasteiger partial charge >= 0.3 is 0 Å². The van der Waals surface area contributed by atoms with Gasteiger partial charge in [-0.3, -0.25) is 0 Å². The monoisotopic (exact) mass is 192 g/mol. The number of fused-ring (bicyclic) bond motifs is 1. The molecule has 14 heavy (non-hydrogen) atoms. The molecule has 2 heterocycles. The van der Waals surface area contributed by atoms with Crippen LogP contribution in [0.15, 0.2) is 18.2 Å². The highest BCUT2D eigenvalue weighted by molar-refractivity contribution is 5.44. The first kappa shape index (κ1) is 8.12. The van der Waals surface area contributed by atoms with Gasteiger partial charge < -0.3 is 14.2 Å². The zero-order valence-corrected chi connectivity index (χ0v) is 8.08. The topological polar surface area (TPSA) is 31.0 Å². The van der Waals surface area contributed by atoms with Gasteiger partial charge in [-0.15, -0.1) is 0 Å². The van der Waals surface area contributed by atoms with Crippen molar-refractivity contribution < 1.29 is 14.2 Å². The van der Waals surface area contributed by atoms with Crippen LogP contribution in [0.25, 0.3) is 0 Å². The van der Waals surface area contributed by atoms with Crippen molar-refractivity contribution in [3.63, 3.8) is 0 Å². The van der Waals surface area contributed by atoms with Gasteiger partial charge in [0, 0.05) is 6.42 Å². The standard InChI is InChI=1S/C11H12O3/c1-11(6-14-11)5-8-2-3-9-10(4-8)13-7-12-9/h2-4H,5-7H2,1H3. The van der Waals surface area contributed by atoms with E-state index in [4.69, 9.17) is 14.2 Å². The van der Waals surface area contributed by atoms with E-state index in [1.807, 2.05) is 12.1 Å². The molecule has 0 bridgehead atoms. The normalized spacial score (nSPS) is 27.8. The second-order valence-corrected chi connectivity index (χ2v) is 4.10. The van der Waals surface area contributed by atoms with Crippen LogP contribution in [0.3, 0.4) is 0 Å². The van der Waals surface area contributed by atoms with Crippen molar-refractivity contribution in [2.75, 3.05) is 13.4 Å². The molecule has 0 spiro atoms. The summed E-state index contributed by atoms with van der Waals surface area (Å²) < 4.78 is 15.9. The molecule has 3 heteroatoms. The van der Waals surface area contributed by atoms with Gasteiger partial charge in [-0.2, -0.15) is 0 Å². The average Bonchev–Trinajstić information content (AvgIpc) is 2.73. The van der Waals surface area contributed by atoms with Gasteiger partial charge in [-0.1, -0.05) is 6.07 Å². The molecular formula is C11H12O3. The van der Waals surface area contributed by atoms with Gasteiger partial charge in [0.05, 0.1) is 12.2 Å². The van der Waals surface area contributed by atoms with Crippen LogP contribution in [0.5, 0.6) is 11.5 Å². The van der Waals surface area contributed by atoms with Crippen LogP contribution < -0.4 is 9.47 Å². The molecule has 0 amide bonds. The highest BCUT2D eigenvalue weighted by Crippen LogP contribution is 2.36. The van der Waals surface area contributed by atoms with E-state index in [0.717, 1.165) is 24.5 Å². The third kappa shape index (κ3) is 1.34. The maximum Gasteiger partial charge on any atom is 0.231 e.